The normalized spacial score (nSPS) is 23.6. The van der Waals surface area contributed by atoms with Gasteiger partial charge in [-0.1, -0.05) is 51.8 Å². The van der Waals surface area contributed by atoms with E-state index in [1.54, 1.807) is 6.20 Å². The van der Waals surface area contributed by atoms with Crippen LogP contribution in [0.1, 0.15) is 77.0 Å². The SMILES string of the molecule is CCCC[C@@H]1NC(=O)[C@@H](CC(C)C)NC(=O)[C@H](CCCCN)NC(=O)[C@@H](CO)NC(=O)[C@H](Cc2cnc[nH]2)NC(=O)[C@@H](Cc2c[nH]c3ccccc23)NC1=O. The van der Waals surface area contributed by atoms with Crippen LogP contribution in [0.4, 0.5) is 0 Å². The predicted molar refractivity (Wildman–Crippen MR) is 205 cm³/mol. The molecule has 0 aliphatic carbocycles. The maximum Gasteiger partial charge on any atom is 0.245 e. The van der Waals surface area contributed by atoms with Crippen molar-refractivity contribution in [1.29, 1.82) is 0 Å². The van der Waals surface area contributed by atoms with E-state index in [-0.39, 0.29) is 38.0 Å². The van der Waals surface area contributed by atoms with E-state index >= 15 is 0 Å². The summed E-state index contributed by atoms with van der Waals surface area (Å²) in [6, 6.07) is 0.176. The summed E-state index contributed by atoms with van der Waals surface area (Å²) >= 11 is 0. The van der Waals surface area contributed by atoms with Gasteiger partial charge < -0.3 is 52.7 Å². The third-order valence-corrected chi connectivity index (χ3v) is 9.56. The number of nitrogens with two attached hydrogens (primary N) is 1. The third-order valence-electron chi connectivity index (χ3n) is 9.56. The molecule has 6 amide bonds. The smallest absolute Gasteiger partial charge is 0.245 e. The fourth-order valence-corrected chi connectivity index (χ4v) is 6.52. The van der Waals surface area contributed by atoms with Gasteiger partial charge >= 0.3 is 0 Å². The first-order chi connectivity index (χ1) is 26.4. The average Bonchev–Trinajstić information content (AvgIpc) is 3.83. The average molecular weight is 765 g/mol. The van der Waals surface area contributed by atoms with Gasteiger partial charge in [0.15, 0.2) is 0 Å². The van der Waals surface area contributed by atoms with Crippen molar-refractivity contribution in [1.82, 2.24) is 46.9 Å². The maximum absolute atomic E-state index is 14.3. The van der Waals surface area contributed by atoms with Gasteiger partial charge in [0.25, 0.3) is 0 Å². The zero-order valence-electron chi connectivity index (χ0n) is 31.8. The molecule has 1 saturated heterocycles. The quantitative estimate of drug-likeness (QED) is 0.0986. The Morgan fingerprint density at radius 2 is 1.24 bits per heavy atom. The molecule has 1 aromatic carbocycles. The molecule has 1 aliphatic heterocycles. The number of nitrogens with one attached hydrogen (secondary N) is 8. The van der Waals surface area contributed by atoms with Crippen LogP contribution in [0.15, 0.2) is 43.0 Å². The van der Waals surface area contributed by atoms with Crippen molar-refractivity contribution in [2.75, 3.05) is 13.2 Å². The molecule has 0 saturated carbocycles. The number of carbonyl (C=O) groups excluding carboxylic acids is 6. The molecule has 55 heavy (non-hydrogen) atoms. The van der Waals surface area contributed by atoms with Gasteiger partial charge in [0.2, 0.25) is 35.4 Å². The number of aromatic amines is 2. The van der Waals surface area contributed by atoms with Gasteiger partial charge in [-0.2, -0.15) is 0 Å². The third kappa shape index (κ3) is 12.4. The number of benzene rings is 1. The molecule has 3 aromatic rings. The summed E-state index contributed by atoms with van der Waals surface area (Å²) < 4.78 is 0. The molecule has 17 heteroatoms. The van der Waals surface area contributed by atoms with E-state index in [2.05, 4.69) is 46.9 Å². The van der Waals surface area contributed by atoms with Crippen LogP contribution in [-0.2, 0) is 41.6 Å². The van der Waals surface area contributed by atoms with Crippen molar-refractivity contribution in [3.05, 3.63) is 54.2 Å². The fraction of sp³-hybridized carbons (Fsp3) is 0.553. The lowest BCUT2D eigenvalue weighted by atomic mass is 10.00. The van der Waals surface area contributed by atoms with E-state index in [1.807, 2.05) is 45.0 Å². The van der Waals surface area contributed by atoms with Gasteiger partial charge in [0.1, 0.15) is 36.3 Å². The highest BCUT2D eigenvalue weighted by atomic mass is 16.3. The Morgan fingerprint density at radius 1 is 0.691 bits per heavy atom. The van der Waals surface area contributed by atoms with Crippen LogP contribution < -0.4 is 37.6 Å². The Labute approximate surface area is 320 Å². The van der Waals surface area contributed by atoms with Crippen LogP contribution in [0, 0.1) is 5.92 Å². The van der Waals surface area contributed by atoms with Crippen molar-refractivity contribution in [2.45, 2.75) is 115 Å². The predicted octanol–water partition coefficient (Wildman–Crippen LogP) is -0.0438. The number of hydrogen-bond acceptors (Lipinski definition) is 9. The number of H-pyrrole nitrogens is 2. The first-order valence-corrected chi connectivity index (χ1v) is 19.1. The van der Waals surface area contributed by atoms with E-state index in [0.29, 0.717) is 37.9 Å². The lowest BCUT2D eigenvalue weighted by Gasteiger charge is -2.29. The lowest BCUT2D eigenvalue weighted by Crippen LogP contribution is -2.62. The molecule has 300 valence electrons. The van der Waals surface area contributed by atoms with Crippen molar-refractivity contribution in [2.24, 2.45) is 11.7 Å². The number of imidazole rings is 1. The van der Waals surface area contributed by atoms with Gasteiger partial charge in [-0.15, -0.1) is 0 Å². The number of carbonyl (C=O) groups is 6. The zero-order valence-corrected chi connectivity index (χ0v) is 31.8. The minimum Gasteiger partial charge on any atom is -0.394 e. The van der Waals surface area contributed by atoms with Crippen molar-refractivity contribution in [3.8, 4) is 0 Å². The van der Waals surface area contributed by atoms with Gasteiger partial charge in [-0.05, 0) is 56.2 Å². The van der Waals surface area contributed by atoms with Crippen molar-refractivity contribution >= 4 is 46.3 Å². The standard InChI is InChI=1S/C38H56N10O7/c1-4-5-11-27-33(50)46-30(16-23-18-41-26-12-7-6-10-25(23)26)36(53)47-31(17-24-19-40-21-42-24)37(54)48-32(20-49)38(55)44-28(13-8-9-14-39)34(51)45-29(15-22(2)3)35(52)43-27/h6-7,10,12,18-19,21-22,27-32,41,49H,4-5,8-9,11,13-17,20,39H2,1-3H3,(H,40,42)(H,43,52)(H,44,55)(H,45,51)(H,46,50)(H,47,53)(H,48,54)/t27-,28-,29+,30+,31-,32+/m0/s1. The van der Waals surface area contributed by atoms with Crippen LogP contribution in [0.2, 0.25) is 0 Å². The van der Waals surface area contributed by atoms with Crippen LogP contribution in [0.5, 0.6) is 0 Å². The highest BCUT2D eigenvalue weighted by Gasteiger charge is 2.35. The van der Waals surface area contributed by atoms with E-state index in [4.69, 9.17) is 5.73 Å². The largest absolute Gasteiger partial charge is 0.394 e. The highest BCUT2D eigenvalue weighted by molar-refractivity contribution is 5.98. The molecule has 17 nitrogen and oxygen atoms in total. The maximum atomic E-state index is 14.3. The Bertz CT molecular complexity index is 1740. The number of aliphatic hydroxyl groups is 1. The summed E-state index contributed by atoms with van der Waals surface area (Å²) in [6.45, 7) is 5.24. The molecule has 1 aliphatic rings. The second-order valence-corrected chi connectivity index (χ2v) is 14.5. The van der Waals surface area contributed by atoms with E-state index in [9.17, 15) is 33.9 Å². The van der Waals surface area contributed by atoms with E-state index in [1.165, 1.54) is 12.5 Å². The second-order valence-electron chi connectivity index (χ2n) is 14.5. The van der Waals surface area contributed by atoms with E-state index in [0.717, 1.165) is 16.5 Å². The number of fused-ring (bicyclic) bond motifs is 1. The molecule has 0 spiro atoms. The summed E-state index contributed by atoms with van der Waals surface area (Å²) in [5.41, 5.74) is 7.71. The second kappa shape index (κ2) is 21.0. The molecule has 0 unspecified atom stereocenters. The molecule has 0 radical (unpaired) electrons. The summed E-state index contributed by atoms with van der Waals surface area (Å²) in [4.78, 5) is 93.7. The van der Waals surface area contributed by atoms with Crippen LogP contribution >= 0.6 is 0 Å². The summed E-state index contributed by atoms with van der Waals surface area (Å²) in [5, 5.41) is 27.4. The van der Waals surface area contributed by atoms with Gasteiger partial charge in [0, 0.05) is 41.8 Å². The van der Waals surface area contributed by atoms with Crippen LogP contribution in [0.3, 0.4) is 0 Å². The van der Waals surface area contributed by atoms with Crippen molar-refractivity contribution in [3.63, 3.8) is 0 Å². The molecular formula is C38H56N10O7. The molecule has 2 aromatic heterocycles. The van der Waals surface area contributed by atoms with Crippen LogP contribution in [-0.4, -0.2) is 105 Å². The zero-order chi connectivity index (χ0) is 39.9. The number of aliphatic hydroxyl groups excluding tert-OH is 1. The Morgan fingerprint density at radius 3 is 1.84 bits per heavy atom. The first-order valence-electron chi connectivity index (χ1n) is 19.1. The Kier molecular flexibility index (Phi) is 16.2. The number of para-hydroxylation sites is 1. The number of unbranched alkanes of at least 4 members (excludes halogenated alkanes) is 2. The van der Waals surface area contributed by atoms with Gasteiger partial charge in [-0.3, -0.25) is 28.8 Å². The molecule has 4 rings (SSSR count). The lowest BCUT2D eigenvalue weighted by molar-refractivity contribution is -0.137. The summed E-state index contributed by atoms with van der Waals surface area (Å²) in [6.07, 6.45) is 7.52. The number of aromatic nitrogens is 3. The molecule has 6 atom stereocenters. The Balaban J connectivity index is 1.76. The van der Waals surface area contributed by atoms with E-state index < -0.39 is 78.3 Å². The monoisotopic (exact) mass is 764 g/mol. The Hall–Kier alpha value is -5.29. The molecule has 0 bridgehead atoms. The highest BCUT2D eigenvalue weighted by Crippen LogP contribution is 2.20. The first kappa shape index (κ1) is 42.5. The molecular weight excluding hydrogens is 708 g/mol. The minimum absolute atomic E-state index is 0.0215. The van der Waals surface area contributed by atoms with Crippen LogP contribution in [0.25, 0.3) is 10.9 Å². The number of amides is 6. The van der Waals surface area contributed by atoms with Gasteiger partial charge in [-0.25, -0.2) is 4.98 Å². The van der Waals surface area contributed by atoms with Gasteiger partial charge in [0.05, 0.1) is 12.9 Å². The number of nitrogens with zero attached hydrogens (tertiary/aromatic N) is 1. The fourth-order valence-electron chi connectivity index (χ4n) is 6.52. The number of hydrogen-bond donors (Lipinski definition) is 10. The molecule has 11 N–H and O–H groups in total. The summed E-state index contributed by atoms with van der Waals surface area (Å²) in [7, 11) is 0. The minimum atomic E-state index is -1.51. The molecule has 3 heterocycles. The number of rotatable bonds is 14. The van der Waals surface area contributed by atoms with Crippen molar-refractivity contribution < 1.29 is 33.9 Å². The topological polar surface area (TPSA) is 265 Å². The summed E-state index contributed by atoms with van der Waals surface area (Å²) in [5.74, 6) is -4.24. The molecule has 1 fully saturated rings.